The molecule has 2 heterocycles. The van der Waals surface area contributed by atoms with E-state index in [0.29, 0.717) is 18.9 Å². The van der Waals surface area contributed by atoms with E-state index in [1.54, 1.807) is 23.1 Å². The lowest BCUT2D eigenvalue weighted by atomic mass is 10.1. The third-order valence-corrected chi connectivity index (χ3v) is 3.79. The summed E-state index contributed by atoms with van der Waals surface area (Å²) in [5.41, 5.74) is 0. The lowest BCUT2D eigenvalue weighted by Gasteiger charge is -2.38. The molecule has 1 aromatic heterocycles. The van der Waals surface area contributed by atoms with E-state index >= 15 is 0 Å². The zero-order valence-corrected chi connectivity index (χ0v) is 13.1. The summed E-state index contributed by atoms with van der Waals surface area (Å²) >= 11 is 0. The highest BCUT2D eigenvalue weighted by molar-refractivity contribution is 5.94. The Bertz CT molecular complexity index is 525. The first-order valence-corrected chi connectivity index (χ1v) is 7.42. The zero-order chi connectivity index (χ0) is 15.6. The van der Waals surface area contributed by atoms with Crippen LogP contribution < -0.4 is 0 Å². The summed E-state index contributed by atoms with van der Waals surface area (Å²) in [6.07, 6.45) is 2.51. The van der Waals surface area contributed by atoms with E-state index in [1.807, 2.05) is 25.3 Å². The molecule has 0 N–H and O–H groups in total. The molecule has 0 aromatic carbocycles. The minimum Gasteiger partial charge on any atom is -0.332 e. The molecule has 1 atom stereocenters. The van der Waals surface area contributed by atoms with Crippen molar-refractivity contribution in [3.05, 3.63) is 12.2 Å². The Balaban J connectivity index is 2.15. The Morgan fingerprint density at radius 1 is 1.38 bits per heavy atom. The first-order valence-electron chi connectivity index (χ1n) is 7.42. The summed E-state index contributed by atoms with van der Waals surface area (Å²) in [4.78, 5) is 27.9. The molecule has 21 heavy (non-hydrogen) atoms. The van der Waals surface area contributed by atoms with Crippen molar-refractivity contribution in [2.75, 3.05) is 13.1 Å². The van der Waals surface area contributed by atoms with Crippen molar-refractivity contribution in [3.63, 3.8) is 0 Å². The topological polar surface area (TPSA) is 71.3 Å². The number of aromatic nitrogens is 3. The van der Waals surface area contributed by atoms with Crippen molar-refractivity contribution in [1.29, 1.82) is 0 Å². The Morgan fingerprint density at radius 2 is 2.10 bits per heavy atom. The largest absolute Gasteiger partial charge is 0.332 e. The van der Waals surface area contributed by atoms with Gasteiger partial charge in [0.25, 0.3) is 0 Å². The smallest absolute Gasteiger partial charge is 0.245 e. The molecule has 2 rings (SSSR count). The Morgan fingerprint density at radius 3 is 2.71 bits per heavy atom. The predicted molar refractivity (Wildman–Crippen MR) is 77.3 cm³/mol. The third kappa shape index (κ3) is 3.06. The van der Waals surface area contributed by atoms with E-state index in [2.05, 4.69) is 10.2 Å². The van der Waals surface area contributed by atoms with Crippen LogP contribution in [0.4, 0.5) is 0 Å². The molecule has 1 saturated heterocycles. The maximum Gasteiger partial charge on any atom is 0.245 e. The number of carbonyl (C=O) groups is 2. The van der Waals surface area contributed by atoms with E-state index in [-0.39, 0.29) is 24.4 Å². The van der Waals surface area contributed by atoms with Gasteiger partial charge < -0.3 is 14.4 Å². The molecule has 116 valence electrons. The monoisotopic (exact) mass is 293 g/mol. The predicted octanol–water partition coefficient (Wildman–Crippen LogP) is 0.828. The average molecular weight is 293 g/mol. The molecule has 7 nitrogen and oxygen atoms in total. The Labute approximate surface area is 124 Å². The summed E-state index contributed by atoms with van der Waals surface area (Å²) in [7, 11) is 0. The van der Waals surface area contributed by atoms with E-state index in [1.165, 1.54) is 0 Å². The molecule has 1 aliphatic heterocycles. The number of piperazine rings is 1. The molecule has 0 bridgehead atoms. The number of nitrogens with zero attached hydrogens (tertiary/aromatic N) is 5. The van der Waals surface area contributed by atoms with Gasteiger partial charge in [-0.3, -0.25) is 9.59 Å². The van der Waals surface area contributed by atoms with Crippen LogP contribution in [0.1, 0.15) is 46.0 Å². The van der Waals surface area contributed by atoms with Gasteiger partial charge in [0.2, 0.25) is 11.8 Å². The highest BCUT2D eigenvalue weighted by Crippen LogP contribution is 2.17. The second kappa shape index (κ2) is 6.24. The third-order valence-electron chi connectivity index (χ3n) is 3.79. The molecule has 0 spiro atoms. The molecule has 1 aliphatic rings. The van der Waals surface area contributed by atoms with Gasteiger partial charge in [0.05, 0.1) is 13.1 Å². The summed E-state index contributed by atoms with van der Waals surface area (Å²) in [6.45, 7) is 8.95. The second-order valence-electron chi connectivity index (χ2n) is 5.71. The van der Waals surface area contributed by atoms with Crippen molar-refractivity contribution in [3.8, 4) is 0 Å². The zero-order valence-electron chi connectivity index (χ0n) is 13.1. The van der Waals surface area contributed by atoms with Gasteiger partial charge in [-0.1, -0.05) is 6.92 Å². The first-order chi connectivity index (χ1) is 9.95. The van der Waals surface area contributed by atoms with Gasteiger partial charge in [0.15, 0.2) is 5.82 Å². The number of carbonyl (C=O) groups excluding carboxylic acids is 2. The van der Waals surface area contributed by atoms with Crippen LogP contribution in [0.2, 0.25) is 0 Å². The molecule has 0 aliphatic carbocycles. The van der Waals surface area contributed by atoms with Crippen molar-refractivity contribution in [2.24, 2.45) is 0 Å². The fraction of sp³-hybridized carbons (Fsp3) is 0.714. The van der Waals surface area contributed by atoms with E-state index < -0.39 is 6.04 Å². The summed E-state index contributed by atoms with van der Waals surface area (Å²) in [5.74, 6) is 0.683. The van der Waals surface area contributed by atoms with E-state index in [0.717, 1.165) is 6.42 Å². The van der Waals surface area contributed by atoms with Crippen LogP contribution in [0.5, 0.6) is 0 Å². The van der Waals surface area contributed by atoms with Crippen LogP contribution in [0, 0.1) is 0 Å². The summed E-state index contributed by atoms with van der Waals surface area (Å²) in [6, 6.07) is -0.229. The quantitative estimate of drug-likeness (QED) is 0.806. The van der Waals surface area contributed by atoms with Crippen molar-refractivity contribution >= 4 is 11.8 Å². The fourth-order valence-electron chi connectivity index (χ4n) is 2.59. The molecular formula is C14H23N5O2. The van der Waals surface area contributed by atoms with E-state index in [4.69, 9.17) is 0 Å². The molecule has 1 fully saturated rings. The number of rotatable bonds is 5. The number of amides is 2. The standard InChI is InChI=1S/C14H23N5O2/c1-5-6-17-8-13(20)18(11(4)14(17)21)7-12-16-15-9-19(12)10(2)3/h9-11H,5-8H2,1-4H3/t11-/m1/s1. The molecule has 0 radical (unpaired) electrons. The molecular weight excluding hydrogens is 270 g/mol. The van der Waals surface area contributed by atoms with Crippen molar-refractivity contribution < 1.29 is 9.59 Å². The first kappa shape index (κ1) is 15.5. The van der Waals surface area contributed by atoms with Gasteiger partial charge in [-0.2, -0.15) is 0 Å². The minimum atomic E-state index is -0.449. The van der Waals surface area contributed by atoms with Gasteiger partial charge in [0.1, 0.15) is 12.4 Å². The van der Waals surface area contributed by atoms with Crippen LogP contribution in [0.25, 0.3) is 0 Å². The van der Waals surface area contributed by atoms with Crippen LogP contribution in [-0.4, -0.2) is 55.5 Å². The fourth-order valence-corrected chi connectivity index (χ4v) is 2.59. The van der Waals surface area contributed by atoms with Gasteiger partial charge >= 0.3 is 0 Å². The van der Waals surface area contributed by atoms with Gasteiger partial charge in [-0.05, 0) is 27.2 Å². The van der Waals surface area contributed by atoms with Crippen molar-refractivity contribution in [2.45, 2.75) is 52.7 Å². The normalized spacial score (nSPS) is 19.8. The molecule has 0 saturated carbocycles. The SMILES string of the molecule is CCCN1CC(=O)N(Cc2nncn2C(C)C)[C@H](C)C1=O. The van der Waals surface area contributed by atoms with E-state index in [9.17, 15) is 9.59 Å². The van der Waals surface area contributed by atoms with Crippen LogP contribution in [-0.2, 0) is 16.1 Å². The second-order valence-corrected chi connectivity index (χ2v) is 5.71. The highest BCUT2D eigenvalue weighted by atomic mass is 16.2. The molecule has 0 unspecified atom stereocenters. The molecule has 2 amide bonds. The summed E-state index contributed by atoms with van der Waals surface area (Å²) in [5, 5.41) is 7.98. The maximum absolute atomic E-state index is 12.3. The molecule has 7 heteroatoms. The maximum atomic E-state index is 12.3. The summed E-state index contributed by atoms with van der Waals surface area (Å²) < 4.78 is 1.92. The van der Waals surface area contributed by atoms with Crippen LogP contribution in [0.15, 0.2) is 6.33 Å². The van der Waals surface area contributed by atoms with Gasteiger partial charge in [-0.25, -0.2) is 0 Å². The number of hydrogen-bond donors (Lipinski definition) is 0. The number of hydrogen-bond acceptors (Lipinski definition) is 4. The Hall–Kier alpha value is -1.92. The Kier molecular flexibility index (Phi) is 4.59. The lowest BCUT2D eigenvalue weighted by molar-refractivity contribution is -0.155. The van der Waals surface area contributed by atoms with Crippen molar-refractivity contribution in [1.82, 2.24) is 24.6 Å². The van der Waals surface area contributed by atoms with Gasteiger partial charge in [0, 0.05) is 12.6 Å². The highest BCUT2D eigenvalue weighted by Gasteiger charge is 2.36. The lowest BCUT2D eigenvalue weighted by Crippen LogP contribution is -2.58. The minimum absolute atomic E-state index is 0.00654. The van der Waals surface area contributed by atoms with Gasteiger partial charge in [-0.15, -0.1) is 10.2 Å². The molecule has 1 aromatic rings. The van der Waals surface area contributed by atoms with Crippen LogP contribution >= 0.6 is 0 Å². The van der Waals surface area contributed by atoms with Crippen LogP contribution in [0.3, 0.4) is 0 Å². The average Bonchev–Trinajstić information content (AvgIpc) is 2.89.